The van der Waals surface area contributed by atoms with Crippen LogP contribution < -0.4 is 15.4 Å². The number of methoxy groups -OCH3 is 1. The van der Waals surface area contributed by atoms with E-state index in [1.165, 1.54) is 4.88 Å². The van der Waals surface area contributed by atoms with Crippen molar-refractivity contribution in [2.24, 2.45) is 5.92 Å². The van der Waals surface area contributed by atoms with Gasteiger partial charge in [-0.1, -0.05) is 13.0 Å². The van der Waals surface area contributed by atoms with E-state index in [-0.39, 0.29) is 5.97 Å². The van der Waals surface area contributed by atoms with Gasteiger partial charge >= 0.3 is 5.97 Å². The summed E-state index contributed by atoms with van der Waals surface area (Å²) in [6.07, 6.45) is 2.98. The molecule has 1 aromatic heterocycles. The van der Waals surface area contributed by atoms with Crippen LogP contribution in [-0.2, 0) is 17.6 Å². The van der Waals surface area contributed by atoms with E-state index in [4.69, 9.17) is 21.7 Å². The van der Waals surface area contributed by atoms with Gasteiger partial charge in [-0.2, -0.15) is 0 Å². The number of benzene rings is 1. The molecule has 1 aliphatic carbocycles. The van der Waals surface area contributed by atoms with E-state index >= 15 is 0 Å². The van der Waals surface area contributed by atoms with Crippen molar-refractivity contribution < 1.29 is 14.3 Å². The van der Waals surface area contributed by atoms with E-state index < -0.39 is 0 Å². The number of carbonyl (C=O) groups is 1. The monoisotopic (exact) mass is 404 g/mol. The van der Waals surface area contributed by atoms with Gasteiger partial charge in [0.1, 0.15) is 10.8 Å². The zero-order valence-electron chi connectivity index (χ0n) is 15.8. The highest BCUT2D eigenvalue weighted by Gasteiger charge is 2.28. The van der Waals surface area contributed by atoms with E-state index in [1.54, 1.807) is 18.4 Å². The zero-order valence-corrected chi connectivity index (χ0v) is 17.4. The minimum atomic E-state index is -0.281. The van der Waals surface area contributed by atoms with Crippen LogP contribution in [0, 0.1) is 5.92 Å². The minimum absolute atomic E-state index is 0.281. The number of thiophene rings is 1. The third kappa shape index (κ3) is 4.59. The van der Waals surface area contributed by atoms with E-state index in [0.717, 1.165) is 41.3 Å². The number of nitrogens with one attached hydrogen (secondary N) is 2. The minimum Gasteiger partial charge on any atom is -0.497 e. The molecule has 0 spiro atoms. The van der Waals surface area contributed by atoms with Gasteiger partial charge in [-0.25, -0.2) is 4.79 Å². The molecule has 144 valence electrons. The molecule has 3 rings (SSSR count). The van der Waals surface area contributed by atoms with Crippen molar-refractivity contribution >= 4 is 45.3 Å². The third-order valence-electron chi connectivity index (χ3n) is 4.55. The molecule has 0 bridgehead atoms. The molecule has 0 saturated heterocycles. The predicted octanol–water partition coefficient (Wildman–Crippen LogP) is 4.87. The fourth-order valence-corrected chi connectivity index (χ4v) is 4.91. The summed E-state index contributed by atoms with van der Waals surface area (Å²) < 4.78 is 10.5. The standard InChI is InChI=1S/C20H24N2O3S2/c1-4-25-19(23)17-15-9-8-12(2)10-16(15)27-18(17)22-20(26)21-13-6-5-7-14(11-13)24-3/h5-7,11-12H,4,8-10H2,1-3H3,(H2,21,22,26)/t12-/m1/s1. The van der Waals surface area contributed by atoms with Crippen molar-refractivity contribution in [2.75, 3.05) is 24.4 Å². The molecular weight excluding hydrogens is 380 g/mol. The van der Waals surface area contributed by atoms with Gasteiger partial charge in [-0.3, -0.25) is 0 Å². The average Bonchev–Trinajstić information content (AvgIpc) is 2.98. The predicted molar refractivity (Wildman–Crippen MR) is 114 cm³/mol. The fraction of sp³-hybridized carbons (Fsp3) is 0.400. The smallest absolute Gasteiger partial charge is 0.341 e. The number of thiocarbonyl (C=S) groups is 1. The van der Waals surface area contributed by atoms with Crippen LogP contribution in [0.1, 0.15) is 41.1 Å². The summed E-state index contributed by atoms with van der Waals surface area (Å²) in [6, 6.07) is 7.53. The summed E-state index contributed by atoms with van der Waals surface area (Å²) in [5.74, 6) is 1.09. The summed E-state index contributed by atoms with van der Waals surface area (Å²) in [5, 5.41) is 7.54. The SMILES string of the molecule is CCOC(=O)c1c(NC(=S)Nc2cccc(OC)c2)sc2c1CC[C@@H](C)C2. The van der Waals surface area contributed by atoms with Crippen LogP contribution in [0.4, 0.5) is 10.7 Å². The van der Waals surface area contributed by atoms with Crippen molar-refractivity contribution in [1.29, 1.82) is 0 Å². The lowest BCUT2D eigenvalue weighted by molar-refractivity contribution is 0.0526. The molecule has 1 aromatic carbocycles. The van der Waals surface area contributed by atoms with Crippen molar-refractivity contribution in [3.05, 3.63) is 40.3 Å². The topological polar surface area (TPSA) is 59.6 Å². The van der Waals surface area contributed by atoms with Crippen LogP contribution in [-0.4, -0.2) is 24.8 Å². The lowest BCUT2D eigenvalue weighted by Gasteiger charge is -2.18. The Hall–Kier alpha value is -2.12. The first kappa shape index (κ1) is 19.6. The second-order valence-corrected chi connectivity index (χ2v) is 8.10. The Balaban J connectivity index is 1.82. The summed E-state index contributed by atoms with van der Waals surface area (Å²) in [4.78, 5) is 13.8. The Morgan fingerprint density at radius 1 is 1.37 bits per heavy atom. The molecule has 0 aliphatic heterocycles. The maximum Gasteiger partial charge on any atom is 0.341 e. The third-order valence-corrected chi connectivity index (χ3v) is 5.92. The summed E-state index contributed by atoms with van der Waals surface area (Å²) >= 11 is 7.07. The Morgan fingerprint density at radius 3 is 2.93 bits per heavy atom. The van der Waals surface area contributed by atoms with Crippen molar-refractivity contribution in [2.45, 2.75) is 33.1 Å². The highest BCUT2D eigenvalue weighted by atomic mass is 32.1. The Morgan fingerprint density at radius 2 is 2.19 bits per heavy atom. The van der Waals surface area contributed by atoms with Gasteiger partial charge in [0.25, 0.3) is 0 Å². The van der Waals surface area contributed by atoms with Crippen LogP contribution >= 0.6 is 23.6 Å². The molecule has 1 aliphatic rings. The quantitative estimate of drug-likeness (QED) is 0.548. The summed E-state index contributed by atoms with van der Waals surface area (Å²) in [7, 11) is 1.62. The van der Waals surface area contributed by atoms with Gasteiger partial charge < -0.3 is 20.1 Å². The van der Waals surface area contributed by atoms with Crippen molar-refractivity contribution in [3.63, 3.8) is 0 Å². The second kappa shape index (κ2) is 8.71. The fourth-order valence-electron chi connectivity index (χ4n) is 3.22. The summed E-state index contributed by atoms with van der Waals surface area (Å²) in [6.45, 7) is 4.42. The molecule has 2 aromatic rings. The highest BCUT2D eigenvalue weighted by molar-refractivity contribution is 7.80. The van der Waals surface area contributed by atoms with E-state index in [9.17, 15) is 4.79 Å². The zero-order chi connectivity index (χ0) is 19.4. The first-order valence-corrected chi connectivity index (χ1v) is 10.3. The second-order valence-electron chi connectivity index (χ2n) is 6.59. The van der Waals surface area contributed by atoms with Gasteiger partial charge in [0, 0.05) is 16.6 Å². The maximum atomic E-state index is 12.6. The molecule has 2 N–H and O–H groups in total. The lowest BCUT2D eigenvalue weighted by atomic mass is 9.88. The van der Waals surface area contributed by atoms with Crippen LogP contribution in [0.3, 0.4) is 0 Å². The number of carbonyl (C=O) groups excluding carboxylic acids is 1. The van der Waals surface area contributed by atoms with E-state index in [1.807, 2.05) is 31.2 Å². The molecular formula is C20H24N2O3S2. The Kier molecular flexibility index (Phi) is 6.34. The molecule has 0 unspecified atom stereocenters. The van der Waals surface area contributed by atoms with Gasteiger partial charge in [-0.05, 0) is 62.0 Å². The van der Waals surface area contributed by atoms with Crippen molar-refractivity contribution in [3.8, 4) is 5.75 Å². The maximum absolute atomic E-state index is 12.6. The molecule has 5 nitrogen and oxygen atoms in total. The van der Waals surface area contributed by atoms with Crippen LogP contribution in [0.25, 0.3) is 0 Å². The molecule has 0 amide bonds. The number of anilines is 2. The van der Waals surface area contributed by atoms with Gasteiger partial charge in [-0.15, -0.1) is 11.3 Å². The van der Waals surface area contributed by atoms with Crippen LogP contribution in [0.5, 0.6) is 5.75 Å². The average molecular weight is 405 g/mol. The molecule has 0 fully saturated rings. The number of ether oxygens (including phenoxy) is 2. The van der Waals surface area contributed by atoms with E-state index in [2.05, 4.69) is 17.6 Å². The van der Waals surface area contributed by atoms with Crippen molar-refractivity contribution in [1.82, 2.24) is 0 Å². The van der Waals surface area contributed by atoms with Gasteiger partial charge in [0.05, 0.1) is 19.3 Å². The van der Waals surface area contributed by atoms with Gasteiger partial charge in [0.15, 0.2) is 5.11 Å². The van der Waals surface area contributed by atoms with Crippen LogP contribution in [0.15, 0.2) is 24.3 Å². The molecule has 1 heterocycles. The lowest BCUT2D eigenvalue weighted by Crippen LogP contribution is -2.20. The first-order chi connectivity index (χ1) is 13.0. The van der Waals surface area contributed by atoms with Gasteiger partial charge in [0.2, 0.25) is 0 Å². The number of hydrogen-bond acceptors (Lipinski definition) is 5. The molecule has 27 heavy (non-hydrogen) atoms. The Bertz CT molecular complexity index is 848. The number of esters is 1. The summed E-state index contributed by atoms with van der Waals surface area (Å²) in [5.41, 5.74) is 2.57. The molecule has 0 saturated carbocycles. The highest BCUT2D eigenvalue weighted by Crippen LogP contribution is 2.40. The molecule has 1 atom stereocenters. The normalized spacial score (nSPS) is 15.6. The number of fused-ring (bicyclic) bond motifs is 1. The number of hydrogen-bond donors (Lipinski definition) is 2. The van der Waals surface area contributed by atoms with E-state index in [0.29, 0.717) is 23.2 Å². The molecule has 7 heteroatoms. The number of rotatable bonds is 5. The Labute approximate surface area is 169 Å². The first-order valence-electron chi connectivity index (χ1n) is 9.05. The largest absolute Gasteiger partial charge is 0.497 e. The van der Waals surface area contributed by atoms with Crippen LogP contribution in [0.2, 0.25) is 0 Å². The molecule has 0 radical (unpaired) electrons.